The van der Waals surface area contributed by atoms with E-state index in [2.05, 4.69) is 25.3 Å². The fraction of sp³-hybridized carbons (Fsp3) is 0.438. The van der Waals surface area contributed by atoms with Crippen LogP contribution in [-0.4, -0.2) is 29.9 Å². The number of nitrogens with zero attached hydrogens (tertiary/aromatic N) is 1. The van der Waals surface area contributed by atoms with Crippen molar-refractivity contribution in [1.29, 1.82) is 0 Å². The Kier molecular flexibility index (Phi) is 3.30. The van der Waals surface area contributed by atoms with Crippen LogP contribution in [0.4, 0.5) is 0 Å². The zero-order chi connectivity index (χ0) is 14.3. The molecule has 2 heterocycles. The number of nitrogens with two attached hydrogens (primary N) is 1. The Hall–Kier alpha value is -1.39. The highest BCUT2D eigenvalue weighted by molar-refractivity contribution is 7.17. The van der Waals surface area contributed by atoms with Crippen molar-refractivity contribution in [3.8, 4) is 0 Å². The minimum Gasteiger partial charge on any atom is -0.338 e. The van der Waals surface area contributed by atoms with Crippen LogP contribution in [0.1, 0.15) is 30.6 Å². The average Bonchev–Trinajstić information content (AvgIpc) is 2.88. The molecule has 1 saturated heterocycles. The standard InChI is InChI=1S/C16H20N2OS/c1-16(2)10-18(7-5-14(16)17)15(19)12-3-4-13-11(9-12)6-8-20-13/h3-4,6,8-9,14H,5,7,10,17H2,1-2H3. The summed E-state index contributed by atoms with van der Waals surface area (Å²) < 4.78 is 1.22. The first-order chi connectivity index (χ1) is 9.47. The number of piperidine rings is 1. The first-order valence-electron chi connectivity index (χ1n) is 6.99. The molecule has 0 radical (unpaired) electrons. The van der Waals surface area contributed by atoms with E-state index in [9.17, 15) is 4.79 Å². The highest BCUT2D eigenvalue weighted by Gasteiger charge is 2.35. The van der Waals surface area contributed by atoms with Crippen molar-refractivity contribution >= 4 is 27.3 Å². The molecule has 3 nitrogen and oxygen atoms in total. The molecule has 1 unspecified atom stereocenters. The van der Waals surface area contributed by atoms with Crippen LogP contribution in [0.2, 0.25) is 0 Å². The van der Waals surface area contributed by atoms with Gasteiger partial charge in [-0.1, -0.05) is 13.8 Å². The second-order valence-electron chi connectivity index (χ2n) is 6.28. The second-order valence-corrected chi connectivity index (χ2v) is 7.23. The van der Waals surface area contributed by atoms with Gasteiger partial charge < -0.3 is 10.6 Å². The monoisotopic (exact) mass is 288 g/mol. The summed E-state index contributed by atoms with van der Waals surface area (Å²) in [5.74, 6) is 0.123. The molecule has 1 aliphatic heterocycles. The van der Waals surface area contributed by atoms with Crippen molar-refractivity contribution in [2.75, 3.05) is 13.1 Å². The van der Waals surface area contributed by atoms with Gasteiger partial charge in [-0.05, 0) is 46.9 Å². The van der Waals surface area contributed by atoms with E-state index in [0.717, 1.165) is 30.5 Å². The summed E-state index contributed by atoms with van der Waals surface area (Å²) in [6.07, 6.45) is 0.874. The Labute approximate surface area is 123 Å². The van der Waals surface area contributed by atoms with Crippen LogP contribution >= 0.6 is 11.3 Å². The number of fused-ring (bicyclic) bond motifs is 1. The molecule has 106 valence electrons. The normalized spacial score (nSPS) is 22.1. The molecule has 0 aliphatic carbocycles. The number of amides is 1. The van der Waals surface area contributed by atoms with Crippen molar-refractivity contribution in [3.05, 3.63) is 35.2 Å². The minimum atomic E-state index is -0.0135. The van der Waals surface area contributed by atoms with Crippen molar-refractivity contribution in [2.45, 2.75) is 26.3 Å². The fourth-order valence-electron chi connectivity index (χ4n) is 2.83. The summed E-state index contributed by atoms with van der Waals surface area (Å²) in [7, 11) is 0. The zero-order valence-corrected chi connectivity index (χ0v) is 12.7. The van der Waals surface area contributed by atoms with Gasteiger partial charge in [0, 0.05) is 29.4 Å². The highest BCUT2D eigenvalue weighted by atomic mass is 32.1. The van der Waals surface area contributed by atoms with E-state index >= 15 is 0 Å². The van der Waals surface area contributed by atoms with Crippen molar-refractivity contribution in [1.82, 2.24) is 4.90 Å². The van der Waals surface area contributed by atoms with Crippen LogP contribution < -0.4 is 5.73 Å². The molecule has 2 aromatic rings. The van der Waals surface area contributed by atoms with Gasteiger partial charge in [-0.25, -0.2) is 0 Å². The van der Waals surface area contributed by atoms with E-state index in [4.69, 9.17) is 5.73 Å². The molecule has 1 aliphatic rings. The third kappa shape index (κ3) is 2.34. The molecule has 3 rings (SSSR count). The second kappa shape index (κ2) is 4.86. The molecular formula is C16H20N2OS. The van der Waals surface area contributed by atoms with Gasteiger partial charge in [-0.2, -0.15) is 0 Å². The maximum atomic E-state index is 12.6. The number of hydrogen-bond donors (Lipinski definition) is 1. The number of thiophene rings is 1. The molecule has 1 aromatic carbocycles. The molecule has 1 fully saturated rings. The largest absolute Gasteiger partial charge is 0.338 e. The van der Waals surface area contributed by atoms with Crippen LogP contribution in [-0.2, 0) is 0 Å². The van der Waals surface area contributed by atoms with E-state index in [-0.39, 0.29) is 17.4 Å². The van der Waals surface area contributed by atoms with Crippen LogP contribution in [0.3, 0.4) is 0 Å². The maximum Gasteiger partial charge on any atom is 0.253 e. The van der Waals surface area contributed by atoms with Crippen LogP contribution in [0.25, 0.3) is 10.1 Å². The van der Waals surface area contributed by atoms with Gasteiger partial charge in [0.1, 0.15) is 0 Å². The molecule has 2 N–H and O–H groups in total. The fourth-order valence-corrected chi connectivity index (χ4v) is 3.60. The Morgan fingerprint density at radius 3 is 2.95 bits per heavy atom. The minimum absolute atomic E-state index is 0.0135. The average molecular weight is 288 g/mol. The Bertz CT molecular complexity index is 647. The number of carbonyl (C=O) groups excluding carboxylic acids is 1. The van der Waals surface area contributed by atoms with E-state index in [1.165, 1.54) is 4.70 Å². The molecule has 20 heavy (non-hydrogen) atoms. The van der Waals surface area contributed by atoms with E-state index in [0.29, 0.717) is 0 Å². The maximum absolute atomic E-state index is 12.6. The van der Waals surface area contributed by atoms with Crippen LogP contribution in [0.5, 0.6) is 0 Å². The van der Waals surface area contributed by atoms with Crippen molar-refractivity contribution < 1.29 is 4.79 Å². The van der Waals surface area contributed by atoms with Crippen LogP contribution in [0, 0.1) is 5.41 Å². The first-order valence-corrected chi connectivity index (χ1v) is 7.87. The summed E-state index contributed by atoms with van der Waals surface area (Å²) in [5.41, 5.74) is 6.90. The third-order valence-electron chi connectivity index (χ3n) is 4.30. The summed E-state index contributed by atoms with van der Waals surface area (Å²) in [6.45, 7) is 5.76. The predicted octanol–water partition coefficient (Wildman–Crippen LogP) is 3.10. The number of likely N-dealkylation sites (tertiary alicyclic amines) is 1. The Balaban J connectivity index is 1.85. The topological polar surface area (TPSA) is 46.3 Å². The number of carbonyl (C=O) groups is 1. The van der Waals surface area contributed by atoms with Gasteiger partial charge in [0.2, 0.25) is 0 Å². The van der Waals surface area contributed by atoms with Gasteiger partial charge in [-0.3, -0.25) is 4.79 Å². The summed E-state index contributed by atoms with van der Waals surface area (Å²) in [6, 6.07) is 8.20. The van der Waals surface area contributed by atoms with Gasteiger partial charge in [0.05, 0.1) is 0 Å². The van der Waals surface area contributed by atoms with Crippen molar-refractivity contribution in [2.24, 2.45) is 11.1 Å². The number of hydrogen-bond acceptors (Lipinski definition) is 3. The summed E-state index contributed by atoms with van der Waals surface area (Å²) in [5, 5.41) is 3.20. The lowest BCUT2D eigenvalue weighted by molar-refractivity contribution is 0.0533. The van der Waals surface area contributed by atoms with E-state index in [1.807, 2.05) is 23.1 Å². The van der Waals surface area contributed by atoms with E-state index < -0.39 is 0 Å². The van der Waals surface area contributed by atoms with Crippen LogP contribution in [0.15, 0.2) is 29.6 Å². The lowest BCUT2D eigenvalue weighted by Crippen LogP contribution is -2.53. The molecule has 4 heteroatoms. The van der Waals surface area contributed by atoms with Gasteiger partial charge in [0.25, 0.3) is 5.91 Å². The van der Waals surface area contributed by atoms with E-state index in [1.54, 1.807) is 11.3 Å². The lowest BCUT2D eigenvalue weighted by Gasteiger charge is -2.42. The Morgan fingerprint density at radius 1 is 1.40 bits per heavy atom. The lowest BCUT2D eigenvalue weighted by atomic mass is 9.79. The first kappa shape index (κ1) is 13.6. The third-order valence-corrected chi connectivity index (χ3v) is 5.20. The van der Waals surface area contributed by atoms with Gasteiger partial charge >= 0.3 is 0 Å². The quantitative estimate of drug-likeness (QED) is 0.876. The molecule has 1 atom stereocenters. The molecule has 1 aromatic heterocycles. The smallest absolute Gasteiger partial charge is 0.253 e. The summed E-state index contributed by atoms with van der Waals surface area (Å²) in [4.78, 5) is 14.6. The van der Waals surface area contributed by atoms with Crippen molar-refractivity contribution in [3.63, 3.8) is 0 Å². The van der Waals surface area contributed by atoms with Gasteiger partial charge in [0.15, 0.2) is 0 Å². The highest BCUT2D eigenvalue weighted by Crippen LogP contribution is 2.29. The predicted molar refractivity (Wildman–Crippen MR) is 84.1 cm³/mol. The summed E-state index contributed by atoms with van der Waals surface area (Å²) >= 11 is 1.70. The molecular weight excluding hydrogens is 268 g/mol. The Morgan fingerprint density at radius 2 is 2.20 bits per heavy atom. The number of rotatable bonds is 1. The molecule has 1 amide bonds. The SMILES string of the molecule is CC1(C)CN(C(=O)c2ccc3sccc3c2)CCC1N. The molecule has 0 saturated carbocycles. The molecule has 0 bridgehead atoms. The molecule has 0 spiro atoms. The van der Waals surface area contributed by atoms with Gasteiger partial charge in [-0.15, -0.1) is 11.3 Å². The number of benzene rings is 1. The zero-order valence-electron chi connectivity index (χ0n) is 11.9.